The van der Waals surface area contributed by atoms with Crippen LogP contribution in [0.25, 0.3) is 0 Å². The molecule has 0 atom stereocenters. The first kappa shape index (κ1) is 19.8. The molecule has 0 aliphatic heterocycles. The van der Waals surface area contributed by atoms with Gasteiger partial charge in [-0.05, 0) is 44.5 Å². The molecule has 0 fully saturated rings. The van der Waals surface area contributed by atoms with Crippen molar-refractivity contribution >= 4 is 17.5 Å². The Kier molecular flexibility index (Phi) is 5.44. The van der Waals surface area contributed by atoms with E-state index in [9.17, 15) is 19.7 Å². The molecule has 150 valence electrons. The van der Waals surface area contributed by atoms with Crippen LogP contribution in [0.5, 0.6) is 0 Å². The van der Waals surface area contributed by atoms with Crippen molar-refractivity contribution in [2.75, 3.05) is 0 Å². The van der Waals surface area contributed by atoms with E-state index < -0.39 is 16.7 Å². The molecule has 2 heterocycles. The number of nitrogens with zero attached hydrogens (tertiary/aromatic N) is 3. The topological polar surface area (TPSA) is 132 Å². The summed E-state index contributed by atoms with van der Waals surface area (Å²) in [7, 11) is 0. The number of aryl methyl sites for hydroxylation is 2. The Labute approximate surface area is 165 Å². The fraction of sp³-hybridized carbons (Fsp3) is 0.211. The van der Waals surface area contributed by atoms with E-state index in [2.05, 4.69) is 16.0 Å². The second-order valence-corrected chi connectivity index (χ2v) is 6.43. The summed E-state index contributed by atoms with van der Waals surface area (Å²) in [6.07, 6.45) is 1.39. The quantitative estimate of drug-likeness (QED) is 0.502. The van der Waals surface area contributed by atoms with Gasteiger partial charge in [0.1, 0.15) is 17.1 Å². The summed E-state index contributed by atoms with van der Waals surface area (Å²) >= 11 is 0. The van der Waals surface area contributed by atoms with Gasteiger partial charge in [0, 0.05) is 5.56 Å². The molecule has 3 rings (SSSR count). The number of carbonyl (C=O) groups is 2. The van der Waals surface area contributed by atoms with Crippen LogP contribution >= 0.6 is 0 Å². The standard InChI is InChI=1S/C19H19N5O5/c1-11-17(24(27)28)12(2)23(22-11)10-14-4-6-15(7-5-14)18(25)20-21-19(26)16-8-9-29-13(16)3/h4-9H,10H2,1-3H3,(H,20,25)(H,21,26). The summed E-state index contributed by atoms with van der Waals surface area (Å²) in [5, 5.41) is 15.3. The SMILES string of the molecule is Cc1nn(Cc2ccc(C(=O)NNC(=O)c3ccoc3C)cc2)c(C)c1[N+](=O)[O-]. The van der Waals surface area contributed by atoms with Crippen molar-refractivity contribution in [2.45, 2.75) is 27.3 Å². The van der Waals surface area contributed by atoms with Gasteiger partial charge < -0.3 is 4.42 Å². The molecule has 2 amide bonds. The van der Waals surface area contributed by atoms with Gasteiger partial charge in [0.25, 0.3) is 11.8 Å². The average Bonchev–Trinajstić information content (AvgIpc) is 3.22. The number of hydrazine groups is 1. The summed E-state index contributed by atoms with van der Waals surface area (Å²) in [5.41, 5.74) is 6.99. The normalized spacial score (nSPS) is 10.6. The molecular weight excluding hydrogens is 378 g/mol. The van der Waals surface area contributed by atoms with E-state index >= 15 is 0 Å². The van der Waals surface area contributed by atoms with Crippen molar-refractivity contribution in [3.05, 3.63) is 80.5 Å². The number of aromatic nitrogens is 2. The van der Waals surface area contributed by atoms with E-state index in [1.54, 1.807) is 49.7 Å². The highest BCUT2D eigenvalue weighted by atomic mass is 16.6. The minimum absolute atomic E-state index is 0.00426. The van der Waals surface area contributed by atoms with Crippen LogP contribution in [0.1, 0.15) is 43.4 Å². The highest BCUT2D eigenvalue weighted by Crippen LogP contribution is 2.22. The molecule has 0 saturated carbocycles. The largest absolute Gasteiger partial charge is 0.469 e. The lowest BCUT2D eigenvalue weighted by Gasteiger charge is -2.08. The van der Waals surface area contributed by atoms with E-state index in [1.165, 1.54) is 12.3 Å². The van der Waals surface area contributed by atoms with Crippen LogP contribution in [0.3, 0.4) is 0 Å². The summed E-state index contributed by atoms with van der Waals surface area (Å²) < 4.78 is 6.60. The van der Waals surface area contributed by atoms with Crippen LogP contribution in [0.15, 0.2) is 41.0 Å². The van der Waals surface area contributed by atoms with Gasteiger partial charge in [-0.1, -0.05) is 12.1 Å². The van der Waals surface area contributed by atoms with E-state index in [0.717, 1.165) is 5.56 Å². The third kappa shape index (κ3) is 4.15. The van der Waals surface area contributed by atoms with Gasteiger partial charge in [-0.3, -0.25) is 35.2 Å². The molecule has 3 aromatic rings. The highest BCUT2D eigenvalue weighted by Gasteiger charge is 2.21. The van der Waals surface area contributed by atoms with Crippen molar-refractivity contribution in [1.82, 2.24) is 20.6 Å². The second-order valence-electron chi connectivity index (χ2n) is 6.43. The Hall–Kier alpha value is -3.95. The maximum Gasteiger partial charge on any atom is 0.312 e. The maximum atomic E-state index is 12.2. The summed E-state index contributed by atoms with van der Waals surface area (Å²) in [6, 6.07) is 8.15. The molecule has 0 spiro atoms. The van der Waals surface area contributed by atoms with E-state index in [-0.39, 0.29) is 5.69 Å². The predicted octanol–water partition coefficient (Wildman–Crippen LogP) is 2.43. The number of furan rings is 1. The Morgan fingerprint density at radius 2 is 1.76 bits per heavy atom. The Morgan fingerprint density at radius 1 is 1.10 bits per heavy atom. The first-order chi connectivity index (χ1) is 13.8. The molecule has 0 saturated heterocycles. The molecule has 0 radical (unpaired) electrons. The fourth-order valence-corrected chi connectivity index (χ4v) is 2.91. The number of carbonyl (C=O) groups excluding carboxylic acids is 2. The summed E-state index contributed by atoms with van der Waals surface area (Å²) in [6.45, 7) is 5.21. The van der Waals surface area contributed by atoms with Gasteiger partial charge in [0.2, 0.25) is 0 Å². The lowest BCUT2D eigenvalue weighted by atomic mass is 10.1. The van der Waals surface area contributed by atoms with Gasteiger partial charge in [-0.25, -0.2) is 0 Å². The smallest absolute Gasteiger partial charge is 0.312 e. The molecule has 10 nitrogen and oxygen atoms in total. The van der Waals surface area contributed by atoms with Gasteiger partial charge in [-0.2, -0.15) is 5.10 Å². The maximum absolute atomic E-state index is 12.2. The Morgan fingerprint density at radius 3 is 2.31 bits per heavy atom. The summed E-state index contributed by atoms with van der Waals surface area (Å²) in [4.78, 5) is 34.9. The minimum Gasteiger partial charge on any atom is -0.469 e. The summed E-state index contributed by atoms with van der Waals surface area (Å²) in [5.74, 6) is -0.509. The third-order valence-electron chi connectivity index (χ3n) is 4.47. The van der Waals surface area contributed by atoms with Gasteiger partial charge in [0.05, 0.1) is 23.3 Å². The lowest BCUT2D eigenvalue weighted by molar-refractivity contribution is -0.386. The molecule has 10 heteroatoms. The van der Waals surface area contributed by atoms with Crippen molar-refractivity contribution in [2.24, 2.45) is 0 Å². The zero-order valence-corrected chi connectivity index (χ0v) is 16.1. The van der Waals surface area contributed by atoms with Crippen molar-refractivity contribution in [3.8, 4) is 0 Å². The Bertz CT molecular complexity index is 1080. The number of hydrogen-bond acceptors (Lipinski definition) is 6. The number of hydrogen-bond donors (Lipinski definition) is 2. The molecule has 29 heavy (non-hydrogen) atoms. The monoisotopic (exact) mass is 397 g/mol. The zero-order valence-electron chi connectivity index (χ0n) is 16.1. The van der Waals surface area contributed by atoms with Gasteiger partial charge in [0.15, 0.2) is 0 Å². The number of nitrogens with one attached hydrogen (secondary N) is 2. The van der Waals surface area contributed by atoms with Crippen LogP contribution in [-0.4, -0.2) is 26.5 Å². The molecule has 0 aliphatic rings. The van der Waals surface area contributed by atoms with Crippen molar-refractivity contribution in [3.63, 3.8) is 0 Å². The number of rotatable bonds is 5. The molecule has 2 N–H and O–H groups in total. The number of nitro groups is 1. The average molecular weight is 397 g/mol. The predicted molar refractivity (Wildman–Crippen MR) is 102 cm³/mol. The Balaban J connectivity index is 1.63. The van der Waals surface area contributed by atoms with E-state index in [1.807, 2.05) is 0 Å². The number of amides is 2. The second kappa shape index (κ2) is 7.97. The first-order valence-corrected chi connectivity index (χ1v) is 8.70. The number of benzene rings is 1. The van der Waals surface area contributed by atoms with Crippen molar-refractivity contribution < 1.29 is 18.9 Å². The molecule has 2 aromatic heterocycles. The molecule has 1 aromatic carbocycles. The molecule has 0 aliphatic carbocycles. The van der Waals surface area contributed by atoms with Crippen LogP contribution in [0, 0.1) is 30.9 Å². The third-order valence-corrected chi connectivity index (χ3v) is 4.47. The van der Waals surface area contributed by atoms with Gasteiger partial charge in [-0.15, -0.1) is 0 Å². The highest BCUT2D eigenvalue weighted by molar-refractivity contribution is 5.99. The van der Waals surface area contributed by atoms with E-state index in [4.69, 9.17) is 4.42 Å². The minimum atomic E-state index is -0.479. The van der Waals surface area contributed by atoms with Crippen LogP contribution in [-0.2, 0) is 6.54 Å². The lowest BCUT2D eigenvalue weighted by Crippen LogP contribution is -2.41. The molecule has 0 bridgehead atoms. The van der Waals surface area contributed by atoms with Crippen LogP contribution in [0.2, 0.25) is 0 Å². The van der Waals surface area contributed by atoms with Crippen LogP contribution in [0.4, 0.5) is 5.69 Å². The zero-order chi connectivity index (χ0) is 21.1. The van der Waals surface area contributed by atoms with Gasteiger partial charge >= 0.3 is 5.69 Å². The fourth-order valence-electron chi connectivity index (χ4n) is 2.91. The van der Waals surface area contributed by atoms with E-state index in [0.29, 0.717) is 34.8 Å². The van der Waals surface area contributed by atoms with Crippen molar-refractivity contribution in [1.29, 1.82) is 0 Å². The first-order valence-electron chi connectivity index (χ1n) is 8.70. The molecular formula is C19H19N5O5. The molecule has 0 unspecified atom stereocenters. The van der Waals surface area contributed by atoms with Crippen LogP contribution < -0.4 is 10.9 Å².